The number of ether oxygens (including phenoxy) is 1. The van der Waals surface area contributed by atoms with Gasteiger partial charge in [0.1, 0.15) is 5.69 Å². The van der Waals surface area contributed by atoms with Crippen LogP contribution >= 0.6 is 0 Å². The van der Waals surface area contributed by atoms with E-state index in [2.05, 4.69) is 22.2 Å². The summed E-state index contributed by atoms with van der Waals surface area (Å²) in [5.41, 5.74) is 0.960. The molecule has 1 aromatic heterocycles. The van der Waals surface area contributed by atoms with Crippen LogP contribution in [0.25, 0.3) is 0 Å². The molecule has 4 heteroatoms. The maximum atomic E-state index is 5.36. The second-order valence-electron chi connectivity index (χ2n) is 5.69. The SMILES string of the molecule is CCCNC(CCC1CCCC1)c1nccnc1OC. The van der Waals surface area contributed by atoms with Gasteiger partial charge in [0, 0.05) is 12.4 Å². The normalized spacial score (nSPS) is 17.3. The van der Waals surface area contributed by atoms with Crippen LogP contribution < -0.4 is 10.1 Å². The van der Waals surface area contributed by atoms with Gasteiger partial charge >= 0.3 is 0 Å². The first-order valence-electron chi connectivity index (χ1n) is 7.93. The van der Waals surface area contributed by atoms with Crippen molar-refractivity contribution in [1.29, 1.82) is 0 Å². The highest BCUT2D eigenvalue weighted by Gasteiger charge is 2.21. The zero-order chi connectivity index (χ0) is 14.2. The summed E-state index contributed by atoms with van der Waals surface area (Å²) in [6.45, 7) is 3.20. The maximum Gasteiger partial charge on any atom is 0.236 e. The number of aromatic nitrogens is 2. The fourth-order valence-electron chi connectivity index (χ4n) is 3.09. The number of hydrogen-bond donors (Lipinski definition) is 1. The van der Waals surface area contributed by atoms with Gasteiger partial charge in [0.15, 0.2) is 0 Å². The topological polar surface area (TPSA) is 47.0 Å². The van der Waals surface area contributed by atoms with Crippen LogP contribution in [0, 0.1) is 5.92 Å². The van der Waals surface area contributed by atoms with Gasteiger partial charge in [0.05, 0.1) is 13.2 Å². The Morgan fingerprint density at radius 2 is 2.05 bits per heavy atom. The highest BCUT2D eigenvalue weighted by molar-refractivity contribution is 5.21. The van der Waals surface area contributed by atoms with Crippen LogP contribution in [0.1, 0.15) is 63.6 Å². The summed E-state index contributed by atoms with van der Waals surface area (Å²) < 4.78 is 5.36. The summed E-state index contributed by atoms with van der Waals surface area (Å²) in [7, 11) is 1.67. The molecule has 20 heavy (non-hydrogen) atoms. The highest BCUT2D eigenvalue weighted by Crippen LogP contribution is 2.32. The Kier molecular flexibility index (Phi) is 6.25. The van der Waals surface area contributed by atoms with Gasteiger partial charge in [-0.2, -0.15) is 0 Å². The summed E-state index contributed by atoms with van der Waals surface area (Å²) in [6.07, 6.45) is 12.6. The van der Waals surface area contributed by atoms with E-state index in [-0.39, 0.29) is 6.04 Å². The van der Waals surface area contributed by atoms with Gasteiger partial charge in [0.25, 0.3) is 0 Å². The van der Waals surface area contributed by atoms with Crippen molar-refractivity contribution in [3.63, 3.8) is 0 Å². The van der Waals surface area contributed by atoms with Gasteiger partial charge in [-0.25, -0.2) is 4.98 Å². The lowest BCUT2D eigenvalue weighted by atomic mass is 9.97. The molecule has 0 bridgehead atoms. The van der Waals surface area contributed by atoms with E-state index in [0.29, 0.717) is 5.88 Å². The first-order valence-corrected chi connectivity index (χ1v) is 7.93. The molecule has 0 spiro atoms. The molecule has 1 saturated carbocycles. The van der Waals surface area contributed by atoms with Crippen molar-refractivity contribution >= 4 is 0 Å². The Balaban J connectivity index is 2.01. The maximum absolute atomic E-state index is 5.36. The lowest BCUT2D eigenvalue weighted by Crippen LogP contribution is -2.24. The third-order valence-corrected chi connectivity index (χ3v) is 4.19. The number of methoxy groups -OCH3 is 1. The van der Waals surface area contributed by atoms with Crippen LogP contribution in [-0.2, 0) is 0 Å². The Bertz CT molecular complexity index is 391. The number of nitrogens with zero attached hydrogens (tertiary/aromatic N) is 2. The quantitative estimate of drug-likeness (QED) is 0.790. The van der Waals surface area contributed by atoms with Crippen molar-refractivity contribution in [3.8, 4) is 5.88 Å². The standard InChI is InChI=1S/C16H27N3O/c1-3-10-17-14(9-8-13-6-4-5-7-13)15-16(20-2)19-12-11-18-15/h11-14,17H,3-10H2,1-2H3. The van der Waals surface area contributed by atoms with Crippen molar-refractivity contribution < 1.29 is 4.74 Å². The largest absolute Gasteiger partial charge is 0.480 e. The second-order valence-corrected chi connectivity index (χ2v) is 5.69. The molecule has 0 amide bonds. The Hall–Kier alpha value is -1.16. The molecule has 4 nitrogen and oxygen atoms in total. The van der Waals surface area contributed by atoms with Crippen molar-refractivity contribution in [3.05, 3.63) is 18.1 Å². The number of nitrogens with one attached hydrogen (secondary N) is 1. The van der Waals surface area contributed by atoms with Gasteiger partial charge in [0.2, 0.25) is 5.88 Å². The summed E-state index contributed by atoms with van der Waals surface area (Å²) in [5.74, 6) is 1.57. The third-order valence-electron chi connectivity index (χ3n) is 4.19. The Labute approximate surface area is 122 Å². The molecular formula is C16H27N3O. The van der Waals surface area contributed by atoms with Gasteiger partial charge in [-0.3, -0.25) is 4.98 Å². The molecule has 0 aromatic carbocycles. The smallest absolute Gasteiger partial charge is 0.236 e. The van der Waals surface area contributed by atoms with E-state index in [1.165, 1.54) is 32.1 Å². The lowest BCUT2D eigenvalue weighted by molar-refractivity contribution is 0.360. The molecule has 1 fully saturated rings. The molecule has 112 valence electrons. The minimum atomic E-state index is 0.263. The molecule has 0 saturated heterocycles. The number of hydrogen-bond acceptors (Lipinski definition) is 4. The van der Waals surface area contributed by atoms with Crippen molar-refractivity contribution in [2.45, 2.75) is 57.9 Å². The first-order chi connectivity index (χ1) is 9.85. The van der Waals surface area contributed by atoms with Gasteiger partial charge in [-0.05, 0) is 31.7 Å². The van der Waals surface area contributed by atoms with E-state index in [1.807, 2.05) is 0 Å². The van der Waals surface area contributed by atoms with E-state index >= 15 is 0 Å². The molecule has 1 aromatic rings. The molecule has 1 unspecified atom stereocenters. The molecule has 1 aliphatic carbocycles. The lowest BCUT2D eigenvalue weighted by Gasteiger charge is -2.21. The summed E-state index contributed by atoms with van der Waals surface area (Å²) >= 11 is 0. The monoisotopic (exact) mass is 277 g/mol. The van der Waals surface area contributed by atoms with Crippen molar-refractivity contribution in [2.75, 3.05) is 13.7 Å². The molecular weight excluding hydrogens is 250 g/mol. The van der Waals surface area contributed by atoms with Crippen LogP contribution in [0.5, 0.6) is 5.88 Å². The first kappa shape index (κ1) is 15.2. The molecule has 0 radical (unpaired) electrons. The molecule has 1 aliphatic rings. The minimum Gasteiger partial charge on any atom is -0.480 e. The predicted molar refractivity (Wildman–Crippen MR) is 80.8 cm³/mol. The van der Waals surface area contributed by atoms with Crippen LogP contribution in [0.2, 0.25) is 0 Å². The molecule has 1 heterocycles. The molecule has 1 atom stereocenters. The van der Waals surface area contributed by atoms with E-state index in [1.54, 1.807) is 19.5 Å². The Morgan fingerprint density at radius 1 is 1.30 bits per heavy atom. The summed E-state index contributed by atoms with van der Waals surface area (Å²) in [5, 5.41) is 3.60. The van der Waals surface area contributed by atoms with Crippen LogP contribution in [0.3, 0.4) is 0 Å². The zero-order valence-electron chi connectivity index (χ0n) is 12.8. The third kappa shape index (κ3) is 4.17. The number of rotatable bonds is 8. The van der Waals surface area contributed by atoms with E-state index in [9.17, 15) is 0 Å². The van der Waals surface area contributed by atoms with E-state index in [4.69, 9.17) is 4.74 Å². The van der Waals surface area contributed by atoms with Crippen LogP contribution in [0.4, 0.5) is 0 Å². The van der Waals surface area contributed by atoms with Gasteiger partial charge in [-0.15, -0.1) is 0 Å². The molecule has 1 N–H and O–H groups in total. The highest BCUT2D eigenvalue weighted by atomic mass is 16.5. The average molecular weight is 277 g/mol. The summed E-state index contributed by atoms with van der Waals surface area (Å²) in [6, 6.07) is 0.263. The van der Waals surface area contributed by atoms with Gasteiger partial charge in [-0.1, -0.05) is 32.6 Å². The van der Waals surface area contributed by atoms with Crippen LogP contribution in [0.15, 0.2) is 12.4 Å². The fourth-order valence-corrected chi connectivity index (χ4v) is 3.09. The van der Waals surface area contributed by atoms with E-state index < -0.39 is 0 Å². The average Bonchev–Trinajstić information content (AvgIpc) is 3.01. The minimum absolute atomic E-state index is 0.263. The van der Waals surface area contributed by atoms with Crippen molar-refractivity contribution in [2.24, 2.45) is 5.92 Å². The van der Waals surface area contributed by atoms with Gasteiger partial charge < -0.3 is 10.1 Å². The molecule has 0 aliphatic heterocycles. The second kappa shape index (κ2) is 8.20. The van der Waals surface area contributed by atoms with Crippen molar-refractivity contribution in [1.82, 2.24) is 15.3 Å². The van der Waals surface area contributed by atoms with Crippen LogP contribution in [-0.4, -0.2) is 23.6 Å². The Morgan fingerprint density at radius 3 is 2.75 bits per heavy atom. The van der Waals surface area contributed by atoms with E-state index in [0.717, 1.165) is 31.0 Å². The zero-order valence-corrected chi connectivity index (χ0v) is 12.8. The summed E-state index contributed by atoms with van der Waals surface area (Å²) in [4.78, 5) is 8.78. The predicted octanol–water partition coefficient (Wildman–Crippen LogP) is 3.50. The molecule has 2 rings (SSSR count). The fraction of sp³-hybridized carbons (Fsp3) is 0.750.